The lowest BCUT2D eigenvalue weighted by Gasteiger charge is -2.08. The first-order valence-corrected chi connectivity index (χ1v) is 7.69. The van der Waals surface area contributed by atoms with Crippen LogP contribution in [-0.2, 0) is 0 Å². The Kier molecular flexibility index (Phi) is 5.31. The molecule has 0 unspecified atom stereocenters. The quantitative estimate of drug-likeness (QED) is 0.466. The number of anilines is 1. The highest BCUT2D eigenvalue weighted by molar-refractivity contribution is 14.1. The number of hydrogen-bond acceptors (Lipinski definition) is 2. The molecule has 0 spiro atoms. The Hall–Kier alpha value is -0.750. The van der Waals surface area contributed by atoms with Gasteiger partial charge < -0.3 is 5.32 Å². The van der Waals surface area contributed by atoms with Crippen LogP contribution >= 0.6 is 34.4 Å². The third kappa shape index (κ3) is 4.17. The molecule has 18 heavy (non-hydrogen) atoms. The van der Waals surface area contributed by atoms with Gasteiger partial charge in [0.05, 0.1) is 0 Å². The third-order valence-corrected chi connectivity index (χ3v) is 4.27. The van der Waals surface area contributed by atoms with E-state index >= 15 is 0 Å². The van der Waals surface area contributed by atoms with Crippen LogP contribution in [0, 0.1) is 9.39 Å². The van der Waals surface area contributed by atoms with E-state index in [0.29, 0.717) is 0 Å². The van der Waals surface area contributed by atoms with Gasteiger partial charge in [-0.15, -0.1) is 11.8 Å². The normalized spacial score (nSPS) is 10.3. The van der Waals surface area contributed by atoms with Crippen LogP contribution in [0.15, 0.2) is 53.4 Å². The molecule has 0 amide bonds. The predicted molar refractivity (Wildman–Crippen MR) is 84.8 cm³/mol. The lowest BCUT2D eigenvalue weighted by Crippen LogP contribution is -2.05. The number of benzene rings is 2. The third-order valence-electron chi connectivity index (χ3n) is 2.36. The molecule has 0 aliphatic carbocycles. The van der Waals surface area contributed by atoms with Crippen molar-refractivity contribution in [2.45, 2.75) is 4.90 Å². The highest BCUT2D eigenvalue weighted by atomic mass is 127. The Labute approximate surface area is 124 Å². The summed E-state index contributed by atoms with van der Waals surface area (Å²) in [7, 11) is 0. The molecule has 0 bridgehead atoms. The van der Waals surface area contributed by atoms with Crippen LogP contribution in [-0.4, -0.2) is 12.3 Å². The fraction of sp³-hybridized carbons (Fsp3) is 0.143. The van der Waals surface area contributed by atoms with Crippen LogP contribution in [0.2, 0.25) is 0 Å². The molecule has 2 rings (SSSR count). The summed E-state index contributed by atoms with van der Waals surface area (Å²) in [4.78, 5) is 1.27. The van der Waals surface area contributed by atoms with E-state index in [1.807, 2.05) is 30.0 Å². The summed E-state index contributed by atoms with van der Waals surface area (Å²) in [5.41, 5.74) is 0.991. The zero-order chi connectivity index (χ0) is 12.8. The van der Waals surface area contributed by atoms with E-state index in [2.05, 4.69) is 40.0 Å². The Morgan fingerprint density at radius 2 is 1.89 bits per heavy atom. The molecule has 94 valence electrons. The summed E-state index contributed by atoms with van der Waals surface area (Å²) in [5, 5.41) is 3.32. The lowest BCUT2D eigenvalue weighted by atomic mass is 10.3. The standard InChI is InChI=1S/C14H13FINS/c15-11-6-7-14(13(16)10-11)17-8-9-18-12-4-2-1-3-5-12/h1-7,10,17H,8-9H2. The van der Waals surface area contributed by atoms with Crippen molar-refractivity contribution < 1.29 is 4.39 Å². The van der Waals surface area contributed by atoms with Gasteiger partial charge in [-0.2, -0.15) is 0 Å². The molecule has 4 heteroatoms. The number of thioether (sulfide) groups is 1. The molecule has 0 fully saturated rings. The molecule has 0 atom stereocenters. The fourth-order valence-electron chi connectivity index (χ4n) is 1.50. The summed E-state index contributed by atoms with van der Waals surface area (Å²) in [6.07, 6.45) is 0. The van der Waals surface area contributed by atoms with E-state index in [1.54, 1.807) is 6.07 Å². The van der Waals surface area contributed by atoms with Crippen molar-refractivity contribution in [3.8, 4) is 0 Å². The molecule has 0 aliphatic rings. The van der Waals surface area contributed by atoms with Gasteiger partial charge in [0, 0.05) is 26.5 Å². The average Bonchev–Trinajstić information content (AvgIpc) is 2.38. The SMILES string of the molecule is Fc1ccc(NCCSc2ccccc2)c(I)c1. The molecule has 0 saturated heterocycles. The summed E-state index contributed by atoms with van der Waals surface area (Å²) < 4.78 is 13.8. The van der Waals surface area contributed by atoms with Crippen LogP contribution in [0.3, 0.4) is 0 Å². The molecule has 2 aromatic carbocycles. The Balaban J connectivity index is 1.79. The zero-order valence-electron chi connectivity index (χ0n) is 9.70. The van der Waals surface area contributed by atoms with E-state index in [1.165, 1.54) is 17.0 Å². The van der Waals surface area contributed by atoms with Crippen molar-refractivity contribution in [2.24, 2.45) is 0 Å². The predicted octanol–water partition coefficient (Wildman–Crippen LogP) is 4.63. The topological polar surface area (TPSA) is 12.0 Å². The summed E-state index contributed by atoms with van der Waals surface area (Å²) in [6.45, 7) is 0.862. The van der Waals surface area contributed by atoms with Crippen molar-refractivity contribution in [1.82, 2.24) is 0 Å². The van der Waals surface area contributed by atoms with Crippen molar-refractivity contribution in [3.63, 3.8) is 0 Å². The van der Waals surface area contributed by atoms with Crippen molar-refractivity contribution in [2.75, 3.05) is 17.6 Å². The van der Waals surface area contributed by atoms with E-state index in [0.717, 1.165) is 21.6 Å². The van der Waals surface area contributed by atoms with Gasteiger partial charge in [0.15, 0.2) is 0 Å². The first kappa shape index (κ1) is 13.7. The van der Waals surface area contributed by atoms with E-state index in [9.17, 15) is 4.39 Å². The minimum Gasteiger partial charge on any atom is -0.383 e. The van der Waals surface area contributed by atoms with E-state index in [4.69, 9.17) is 0 Å². The van der Waals surface area contributed by atoms with Gasteiger partial charge in [-0.05, 0) is 52.9 Å². The van der Waals surface area contributed by atoms with Gasteiger partial charge in [0.2, 0.25) is 0 Å². The molecular formula is C14H13FINS. The average molecular weight is 373 g/mol. The molecule has 1 nitrogen and oxygen atoms in total. The highest BCUT2D eigenvalue weighted by Crippen LogP contribution is 2.20. The van der Waals surface area contributed by atoms with E-state index < -0.39 is 0 Å². The minimum absolute atomic E-state index is 0.191. The minimum atomic E-state index is -0.191. The number of hydrogen-bond donors (Lipinski definition) is 1. The fourth-order valence-corrected chi connectivity index (χ4v) is 2.96. The van der Waals surface area contributed by atoms with Gasteiger partial charge in [-0.25, -0.2) is 4.39 Å². The molecule has 0 radical (unpaired) electrons. The summed E-state index contributed by atoms with van der Waals surface area (Å²) >= 11 is 3.95. The van der Waals surface area contributed by atoms with Gasteiger partial charge in [0.1, 0.15) is 5.82 Å². The first-order chi connectivity index (χ1) is 8.75. The maximum absolute atomic E-state index is 12.9. The van der Waals surface area contributed by atoms with Crippen molar-refractivity contribution in [1.29, 1.82) is 0 Å². The second-order valence-corrected chi connectivity index (χ2v) is 6.04. The van der Waals surface area contributed by atoms with Crippen molar-refractivity contribution >= 4 is 40.0 Å². The zero-order valence-corrected chi connectivity index (χ0v) is 12.7. The van der Waals surface area contributed by atoms with Gasteiger partial charge in [-0.1, -0.05) is 18.2 Å². The smallest absolute Gasteiger partial charge is 0.124 e. The molecule has 2 aromatic rings. The number of rotatable bonds is 5. The van der Waals surface area contributed by atoms with E-state index in [-0.39, 0.29) is 5.82 Å². The lowest BCUT2D eigenvalue weighted by molar-refractivity contribution is 0.627. The molecule has 0 aromatic heterocycles. The maximum atomic E-state index is 12.9. The van der Waals surface area contributed by atoms with Crippen LogP contribution in [0.25, 0.3) is 0 Å². The molecule has 0 aliphatic heterocycles. The molecular weight excluding hydrogens is 360 g/mol. The first-order valence-electron chi connectivity index (χ1n) is 5.62. The van der Waals surface area contributed by atoms with Gasteiger partial charge in [-0.3, -0.25) is 0 Å². The molecule has 1 N–H and O–H groups in total. The Morgan fingerprint density at radius 3 is 2.61 bits per heavy atom. The van der Waals surface area contributed by atoms with Gasteiger partial charge in [0.25, 0.3) is 0 Å². The second kappa shape index (κ2) is 6.99. The van der Waals surface area contributed by atoms with Crippen LogP contribution < -0.4 is 5.32 Å². The summed E-state index contributed by atoms with van der Waals surface area (Å²) in [6, 6.07) is 15.1. The van der Waals surface area contributed by atoms with Crippen LogP contribution in [0.1, 0.15) is 0 Å². The van der Waals surface area contributed by atoms with Gasteiger partial charge >= 0.3 is 0 Å². The largest absolute Gasteiger partial charge is 0.383 e. The van der Waals surface area contributed by atoms with Crippen molar-refractivity contribution in [3.05, 3.63) is 57.9 Å². The Bertz CT molecular complexity index is 504. The monoisotopic (exact) mass is 373 g/mol. The van der Waals surface area contributed by atoms with Crippen LogP contribution in [0.5, 0.6) is 0 Å². The molecule has 0 saturated carbocycles. The Morgan fingerprint density at radius 1 is 1.11 bits per heavy atom. The maximum Gasteiger partial charge on any atom is 0.124 e. The highest BCUT2D eigenvalue weighted by Gasteiger charge is 2.00. The second-order valence-electron chi connectivity index (χ2n) is 3.71. The number of nitrogens with one attached hydrogen (secondary N) is 1. The number of halogens is 2. The molecule has 0 heterocycles. The summed E-state index contributed by atoms with van der Waals surface area (Å²) in [5.74, 6) is 0.792. The van der Waals surface area contributed by atoms with Crippen LogP contribution in [0.4, 0.5) is 10.1 Å².